The maximum Gasteiger partial charge on any atom is 0.0701 e. The third kappa shape index (κ3) is 1.47. The Morgan fingerprint density at radius 3 is 2.46 bits per heavy atom. The highest BCUT2D eigenvalue weighted by Crippen LogP contribution is 2.49. The van der Waals surface area contributed by atoms with E-state index >= 15 is 0 Å². The van der Waals surface area contributed by atoms with E-state index in [9.17, 15) is 0 Å². The minimum Gasteiger partial charge on any atom is -0.396 e. The molecule has 3 atom stereocenters. The summed E-state index contributed by atoms with van der Waals surface area (Å²) in [6.45, 7) is 0.220. The van der Waals surface area contributed by atoms with Gasteiger partial charge in [-0.1, -0.05) is 30.3 Å². The Kier molecular flexibility index (Phi) is 2.34. The van der Waals surface area contributed by atoms with Crippen LogP contribution in [0.2, 0.25) is 0 Å². The van der Waals surface area contributed by atoms with Gasteiger partial charge in [-0.25, -0.2) is 0 Å². The molecule has 0 saturated heterocycles. The molecule has 0 radical (unpaired) electrons. The number of benzene rings is 1. The number of hydrogen-bond donors (Lipinski definition) is 1. The van der Waals surface area contributed by atoms with Gasteiger partial charge in [0.05, 0.1) is 6.10 Å². The monoisotopic (exact) mass is 178 g/mol. The maximum absolute atomic E-state index is 9.06. The lowest BCUT2D eigenvalue weighted by atomic mass is 10.1. The topological polar surface area (TPSA) is 29.5 Å². The number of methoxy groups -OCH3 is 1. The van der Waals surface area contributed by atoms with Gasteiger partial charge in [-0.3, -0.25) is 0 Å². The highest BCUT2D eigenvalue weighted by Gasteiger charge is 2.50. The van der Waals surface area contributed by atoms with Crippen molar-refractivity contribution in [3.05, 3.63) is 35.9 Å². The number of hydrogen-bond acceptors (Lipinski definition) is 2. The summed E-state index contributed by atoms with van der Waals surface area (Å²) in [7, 11) is 1.70. The van der Waals surface area contributed by atoms with E-state index in [1.54, 1.807) is 7.11 Å². The fourth-order valence-electron chi connectivity index (χ4n) is 1.99. The quantitative estimate of drug-likeness (QED) is 0.758. The van der Waals surface area contributed by atoms with Gasteiger partial charge in [-0.05, 0) is 5.56 Å². The van der Waals surface area contributed by atoms with E-state index < -0.39 is 0 Å². The molecule has 13 heavy (non-hydrogen) atoms. The first-order valence-corrected chi connectivity index (χ1v) is 4.57. The van der Waals surface area contributed by atoms with Gasteiger partial charge in [0.25, 0.3) is 0 Å². The van der Waals surface area contributed by atoms with Gasteiger partial charge in [0.2, 0.25) is 0 Å². The van der Waals surface area contributed by atoms with Gasteiger partial charge < -0.3 is 9.84 Å². The Balaban J connectivity index is 2.12. The van der Waals surface area contributed by atoms with Gasteiger partial charge in [0.15, 0.2) is 0 Å². The average molecular weight is 178 g/mol. The van der Waals surface area contributed by atoms with Crippen molar-refractivity contribution in [3.8, 4) is 0 Å². The molecule has 0 aliphatic heterocycles. The van der Waals surface area contributed by atoms with E-state index in [0.29, 0.717) is 11.8 Å². The van der Waals surface area contributed by atoms with Crippen molar-refractivity contribution in [1.82, 2.24) is 0 Å². The smallest absolute Gasteiger partial charge is 0.0701 e. The molecule has 1 N–H and O–H groups in total. The van der Waals surface area contributed by atoms with Crippen LogP contribution in [0.3, 0.4) is 0 Å². The van der Waals surface area contributed by atoms with Gasteiger partial charge in [0.1, 0.15) is 0 Å². The highest BCUT2D eigenvalue weighted by molar-refractivity contribution is 5.29. The lowest BCUT2D eigenvalue weighted by molar-refractivity contribution is 0.149. The van der Waals surface area contributed by atoms with E-state index in [1.165, 1.54) is 5.56 Å². The summed E-state index contributed by atoms with van der Waals surface area (Å²) in [4.78, 5) is 0. The van der Waals surface area contributed by atoms with E-state index in [2.05, 4.69) is 12.1 Å². The van der Waals surface area contributed by atoms with Crippen LogP contribution in [0.1, 0.15) is 11.5 Å². The van der Waals surface area contributed by atoms with E-state index in [4.69, 9.17) is 9.84 Å². The van der Waals surface area contributed by atoms with Crippen LogP contribution in [-0.2, 0) is 4.74 Å². The van der Waals surface area contributed by atoms with Crippen molar-refractivity contribution in [3.63, 3.8) is 0 Å². The van der Waals surface area contributed by atoms with Crippen LogP contribution in [0.4, 0.5) is 0 Å². The predicted molar refractivity (Wildman–Crippen MR) is 50.6 cm³/mol. The SMILES string of the molecule is COC1C(CO)C1c1ccccc1. The van der Waals surface area contributed by atoms with Gasteiger partial charge >= 0.3 is 0 Å². The van der Waals surface area contributed by atoms with E-state index in [1.807, 2.05) is 18.2 Å². The zero-order chi connectivity index (χ0) is 9.26. The molecule has 0 heterocycles. The third-order valence-electron chi connectivity index (χ3n) is 2.76. The van der Waals surface area contributed by atoms with Crippen LogP contribution >= 0.6 is 0 Å². The molecule has 1 aliphatic carbocycles. The standard InChI is InChI=1S/C11H14O2/c1-13-11-9(7-12)10(11)8-5-3-2-4-6-8/h2-6,9-12H,7H2,1H3. The van der Waals surface area contributed by atoms with Crippen molar-refractivity contribution in [1.29, 1.82) is 0 Å². The number of rotatable bonds is 3. The molecular formula is C11H14O2. The molecule has 1 aliphatic rings. The third-order valence-corrected chi connectivity index (χ3v) is 2.76. The maximum atomic E-state index is 9.06. The Bertz CT molecular complexity index is 261. The summed E-state index contributed by atoms with van der Waals surface area (Å²) < 4.78 is 5.27. The second-order valence-corrected chi connectivity index (χ2v) is 3.48. The van der Waals surface area contributed by atoms with Crippen LogP contribution in [0, 0.1) is 5.92 Å². The summed E-state index contributed by atoms with van der Waals surface area (Å²) in [5.41, 5.74) is 1.27. The summed E-state index contributed by atoms with van der Waals surface area (Å²) in [6, 6.07) is 10.2. The fraction of sp³-hybridized carbons (Fsp3) is 0.455. The lowest BCUT2D eigenvalue weighted by Crippen LogP contribution is -1.94. The molecule has 0 amide bonds. The number of aliphatic hydroxyl groups is 1. The van der Waals surface area contributed by atoms with Gasteiger partial charge in [-0.15, -0.1) is 0 Å². The number of aliphatic hydroxyl groups excluding tert-OH is 1. The molecule has 0 bridgehead atoms. The summed E-state index contributed by atoms with van der Waals surface area (Å²) in [5.74, 6) is 0.698. The predicted octanol–water partition coefficient (Wildman–Crippen LogP) is 1.41. The molecule has 2 heteroatoms. The van der Waals surface area contributed by atoms with Crippen molar-refractivity contribution in [2.45, 2.75) is 12.0 Å². The van der Waals surface area contributed by atoms with Crippen LogP contribution in [0.15, 0.2) is 30.3 Å². The van der Waals surface area contributed by atoms with Crippen LogP contribution in [-0.4, -0.2) is 24.9 Å². The molecule has 2 nitrogen and oxygen atoms in total. The molecule has 3 unspecified atom stereocenters. The molecule has 0 aromatic heterocycles. The largest absolute Gasteiger partial charge is 0.396 e. The molecule has 70 valence electrons. The summed E-state index contributed by atoms with van der Waals surface area (Å²) in [5, 5.41) is 9.06. The van der Waals surface area contributed by atoms with E-state index in [-0.39, 0.29) is 12.7 Å². The molecular weight excluding hydrogens is 164 g/mol. The Morgan fingerprint density at radius 2 is 2.00 bits per heavy atom. The van der Waals surface area contributed by atoms with E-state index in [0.717, 1.165) is 0 Å². The fourth-order valence-corrected chi connectivity index (χ4v) is 1.99. The summed E-state index contributed by atoms with van der Waals surface area (Å²) >= 11 is 0. The Labute approximate surface area is 78.2 Å². The second-order valence-electron chi connectivity index (χ2n) is 3.48. The first-order chi connectivity index (χ1) is 6.38. The van der Waals surface area contributed by atoms with Crippen molar-refractivity contribution >= 4 is 0 Å². The Morgan fingerprint density at radius 1 is 1.31 bits per heavy atom. The summed E-state index contributed by atoms with van der Waals surface area (Å²) in [6.07, 6.45) is 0.215. The van der Waals surface area contributed by atoms with Gasteiger partial charge in [0, 0.05) is 25.6 Å². The molecule has 1 aromatic carbocycles. The second kappa shape index (κ2) is 3.48. The van der Waals surface area contributed by atoms with Crippen molar-refractivity contribution in [2.24, 2.45) is 5.92 Å². The van der Waals surface area contributed by atoms with Crippen molar-refractivity contribution < 1.29 is 9.84 Å². The van der Waals surface area contributed by atoms with Crippen molar-refractivity contribution in [2.75, 3.05) is 13.7 Å². The zero-order valence-corrected chi connectivity index (χ0v) is 7.68. The van der Waals surface area contributed by atoms with Gasteiger partial charge in [-0.2, -0.15) is 0 Å². The molecule has 2 rings (SSSR count). The Hall–Kier alpha value is -0.860. The first-order valence-electron chi connectivity index (χ1n) is 4.57. The average Bonchev–Trinajstić information content (AvgIpc) is 2.92. The van der Waals surface area contributed by atoms with Crippen LogP contribution < -0.4 is 0 Å². The normalized spacial score (nSPS) is 31.7. The highest BCUT2D eigenvalue weighted by atomic mass is 16.5. The molecule has 1 aromatic rings. The van der Waals surface area contributed by atoms with Crippen LogP contribution in [0.5, 0.6) is 0 Å². The lowest BCUT2D eigenvalue weighted by Gasteiger charge is -1.97. The molecule has 1 fully saturated rings. The minimum absolute atomic E-state index is 0.215. The minimum atomic E-state index is 0.215. The molecule has 1 saturated carbocycles. The zero-order valence-electron chi connectivity index (χ0n) is 7.68. The molecule has 0 spiro atoms. The first kappa shape index (κ1) is 8.73. The van der Waals surface area contributed by atoms with Crippen LogP contribution in [0.25, 0.3) is 0 Å². The number of ether oxygens (including phenoxy) is 1.